The van der Waals surface area contributed by atoms with Crippen LogP contribution in [-0.4, -0.2) is 18.5 Å². The quantitative estimate of drug-likeness (QED) is 0.670. The number of rotatable bonds is 5. The van der Waals surface area contributed by atoms with Crippen LogP contribution in [0.25, 0.3) is 6.08 Å². The predicted molar refractivity (Wildman–Crippen MR) is 98.3 cm³/mol. The lowest BCUT2D eigenvalue weighted by Gasteiger charge is -2.07. The highest BCUT2D eigenvalue weighted by Crippen LogP contribution is 2.24. The molecule has 128 valence electrons. The minimum Gasteiger partial charge on any atom is -0.452 e. The number of ether oxygens (including phenoxy) is 1. The molecule has 0 saturated carbocycles. The lowest BCUT2D eigenvalue weighted by Crippen LogP contribution is -2.20. The normalized spacial score (nSPS) is 12.8. The molecular weight excluding hydrogens is 314 g/mol. The highest BCUT2D eigenvalue weighted by Gasteiger charge is 2.12. The maximum Gasteiger partial charge on any atom is 0.331 e. The van der Waals surface area contributed by atoms with Gasteiger partial charge in [0.2, 0.25) is 0 Å². The molecule has 0 radical (unpaired) electrons. The molecule has 2 aromatic rings. The van der Waals surface area contributed by atoms with E-state index in [2.05, 4.69) is 5.32 Å². The van der Waals surface area contributed by atoms with Gasteiger partial charge < -0.3 is 10.1 Å². The van der Waals surface area contributed by atoms with Crippen molar-refractivity contribution < 1.29 is 14.3 Å². The number of carbonyl (C=O) groups is 2. The fourth-order valence-corrected chi connectivity index (χ4v) is 2.87. The summed E-state index contributed by atoms with van der Waals surface area (Å²) in [5.74, 6) is -0.875. The summed E-state index contributed by atoms with van der Waals surface area (Å²) >= 11 is 0. The number of hydrogen-bond donors (Lipinski definition) is 1. The molecule has 1 aliphatic carbocycles. The number of benzene rings is 2. The van der Waals surface area contributed by atoms with Crippen molar-refractivity contribution in [2.45, 2.75) is 26.2 Å². The van der Waals surface area contributed by atoms with Gasteiger partial charge in [0.05, 0.1) is 0 Å². The van der Waals surface area contributed by atoms with Gasteiger partial charge in [-0.15, -0.1) is 0 Å². The smallest absolute Gasteiger partial charge is 0.331 e. The van der Waals surface area contributed by atoms with E-state index in [9.17, 15) is 9.59 Å². The number of hydrogen-bond acceptors (Lipinski definition) is 3. The second kappa shape index (κ2) is 7.79. The second-order valence-electron chi connectivity index (χ2n) is 6.24. The first-order valence-corrected chi connectivity index (χ1v) is 8.43. The van der Waals surface area contributed by atoms with Gasteiger partial charge in [0, 0.05) is 11.8 Å². The zero-order valence-corrected chi connectivity index (χ0v) is 14.2. The molecule has 0 unspecified atom stereocenters. The molecule has 0 spiro atoms. The van der Waals surface area contributed by atoms with E-state index >= 15 is 0 Å². The Labute approximate surface area is 147 Å². The van der Waals surface area contributed by atoms with Crippen LogP contribution in [0.5, 0.6) is 0 Å². The zero-order valence-electron chi connectivity index (χ0n) is 14.2. The number of esters is 1. The lowest BCUT2D eigenvalue weighted by molar-refractivity contribution is -0.142. The lowest BCUT2D eigenvalue weighted by atomic mass is 10.1. The van der Waals surface area contributed by atoms with Crippen molar-refractivity contribution in [3.63, 3.8) is 0 Å². The topological polar surface area (TPSA) is 55.4 Å². The van der Waals surface area contributed by atoms with Gasteiger partial charge in [-0.3, -0.25) is 4.79 Å². The van der Waals surface area contributed by atoms with Gasteiger partial charge in [-0.25, -0.2) is 4.79 Å². The van der Waals surface area contributed by atoms with Crippen LogP contribution in [0.4, 0.5) is 5.69 Å². The van der Waals surface area contributed by atoms with E-state index in [1.54, 1.807) is 6.08 Å². The fraction of sp³-hybridized carbons (Fsp3) is 0.238. The molecular formula is C21H21NO3. The van der Waals surface area contributed by atoms with Crippen LogP contribution >= 0.6 is 0 Å². The first-order chi connectivity index (χ1) is 12.1. The summed E-state index contributed by atoms with van der Waals surface area (Å²) in [6.45, 7) is 1.70. The van der Waals surface area contributed by atoms with Crippen LogP contribution in [0, 0.1) is 6.92 Å². The van der Waals surface area contributed by atoms with E-state index in [0.29, 0.717) is 0 Å². The molecule has 25 heavy (non-hydrogen) atoms. The number of amides is 1. The van der Waals surface area contributed by atoms with E-state index in [1.165, 1.54) is 17.2 Å². The third-order valence-corrected chi connectivity index (χ3v) is 4.22. The van der Waals surface area contributed by atoms with Gasteiger partial charge in [-0.2, -0.15) is 0 Å². The van der Waals surface area contributed by atoms with Gasteiger partial charge in [-0.1, -0.05) is 35.9 Å². The van der Waals surface area contributed by atoms with Crippen LogP contribution in [0.1, 0.15) is 28.7 Å². The highest BCUT2D eigenvalue weighted by molar-refractivity contribution is 5.94. The standard InChI is InChI=1S/C21H21NO3/c1-15-5-7-16(8-6-15)9-12-21(24)25-14-20(23)22-19-11-10-17-3-2-4-18(17)13-19/h5-13H,2-4,14H2,1H3,(H,22,23)/b12-9+. The molecule has 4 heteroatoms. The monoisotopic (exact) mass is 335 g/mol. The predicted octanol–water partition coefficient (Wildman–Crippen LogP) is 3.68. The Kier molecular flexibility index (Phi) is 5.29. The first-order valence-electron chi connectivity index (χ1n) is 8.43. The number of anilines is 1. The van der Waals surface area contributed by atoms with Crippen molar-refractivity contribution in [3.05, 3.63) is 70.8 Å². The van der Waals surface area contributed by atoms with Crippen molar-refractivity contribution in [1.29, 1.82) is 0 Å². The van der Waals surface area contributed by atoms with Crippen LogP contribution < -0.4 is 5.32 Å². The van der Waals surface area contributed by atoms with Crippen molar-refractivity contribution in [1.82, 2.24) is 0 Å². The molecule has 0 aromatic heterocycles. The molecule has 1 aliphatic rings. The third-order valence-electron chi connectivity index (χ3n) is 4.22. The van der Waals surface area contributed by atoms with Crippen molar-refractivity contribution in [3.8, 4) is 0 Å². The van der Waals surface area contributed by atoms with Crippen molar-refractivity contribution in [2.24, 2.45) is 0 Å². The summed E-state index contributed by atoms with van der Waals surface area (Å²) in [7, 11) is 0. The molecule has 4 nitrogen and oxygen atoms in total. The molecule has 0 fully saturated rings. The minimum absolute atomic E-state index is 0.297. The third kappa shape index (κ3) is 4.80. The zero-order chi connectivity index (χ0) is 17.6. The summed E-state index contributed by atoms with van der Waals surface area (Å²) < 4.78 is 4.98. The number of nitrogens with one attached hydrogen (secondary N) is 1. The number of aryl methyl sites for hydroxylation is 3. The maximum absolute atomic E-state index is 11.9. The van der Waals surface area contributed by atoms with E-state index in [1.807, 2.05) is 49.4 Å². The Balaban J connectivity index is 1.47. The minimum atomic E-state index is -0.537. The Morgan fingerprint density at radius 3 is 2.64 bits per heavy atom. The number of fused-ring (bicyclic) bond motifs is 1. The van der Waals surface area contributed by atoms with E-state index in [-0.39, 0.29) is 12.5 Å². The highest BCUT2D eigenvalue weighted by atomic mass is 16.5. The van der Waals surface area contributed by atoms with Gasteiger partial charge in [0.15, 0.2) is 6.61 Å². The molecule has 1 amide bonds. The summed E-state index contributed by atoms with van der Waals surface area (Å²) in [5.41, 5.74) is 5.45. The average molecular weight is 335 g/mol. The van der Waals surface area contributed by atoms with Gasteiger partial charge >= 0.3 is 5.97 Å². The number of carbonyl (C=O) groups excluding carboxylic acids is 2. The molecule has 2 aromatic carbocycles. The van der Waals surface area contributed by atoms with E-state index in [4.69, 9.17) is 4.74 Å². The first kappa shape index (κ1) is 17.0. The van der Waals surface area contributed by atoms with Crippen molar-refractivity contribution >= 4 is 23.6 Å². The Morgan fingerprint density at radius 2 is 1.84 bits per heavy atom. The molecule has 0 atom stereocenters. The molecule has 0 bridgehead atoms. The molecule has 0 saturated heterocycles. The Bertz CT molecular complexity index is 806. The van der Waals surface area contributed by atoms with Crippen LogP contribution in [-0.2, 0) is 27.2 Å². The van der Waals surface area contributed by atoms with Crippen LogP contribution in [0.2, 0.25) is 0 Å². The van der Waals surface area contributed by atoms with Crippen molar-refractivity contribution in [2.75, 3.05) is 11.9 Å². The summed E-state index contributed by atoms with van der Waals surface area (Å²) in [6.07, 6.45) is 6.32. The Hall–Kier alpha value is -2.88. The Morgan fingerprint density at radius 1 is 1.08 bits per heavy atom. The molecule has 3 rings (SSSR count). The second-order valence-corrected chi connectivity index (χ2v) is 6.24. The van der Waals surface area contributed by atoms with E-state index < -0.39 is 5.97 Å². The van der Waals surface area contributed by atoms with Gasteiger partial charge in [0.25, 0.3) is 5.91 Å². The maximum atomic E-state index is 11.9. The van der Waals surface area contributed by atoms with Gasteiger partial charge in [-0.05, 0) is 61.1 Å². The summed E-state index contributed by atoms with van der Waals surface area (Å²) in [5, 5.41) is 2.77. The SMILES string of the molecule is Cc1ccc(/C=C/C(=O)OCC(=O)Nc2ccc3c(c2)CCC3)cc1. The van der Waals surface area contributed by atoms with Gasteiger partial charge in [0.1, 0.15) is 0 Å². The van der Waals surface area contributed by atoms with Crippen LogP contribution in [0.15, 0.2) is 48.5 Å². The van der Waals surface area contributed by atoms with Crippen LogP contribution in [0.3, 0.4) is 0 Å². The largest absolute Gasteiger partial charge is 0.452 e. The molecule has 0 heterocycles. The van der Waals surface area contributed by atoms with E-state index in [0.717, 1.165) is 36.1 Å². The molecule has 0 aliphatic heterocycles. The summed E-state index contributed by atoms with van der Waals surface area (Å²) in [6, 6.07) is 13.7. The average Bonchev–Trinajstić information content (AvgIpc) is 3.07. The summed E-state index contributed by atoms with van der Waals surface area (Å²) in [4.78, 5) is 23.6. The fourth-order valence-electron chi connectivity index (χ4n) is 2.87. The molecule has 1 N–H and O–H groups in total.